The first-order chi connectivity index (χ1) is 12.8. The average molecular weight is 407 g/mol. The second-order valence-electron chi connectivity index (χ2n) is 5.48. The van der Waals surface area contributed by atoms with Crippen LogP contribution in [0, 0.1) is 0 Å². The molecule has 2 rings (SSSR count). The van der Waals surface area contributed by atoms with Crippen LogP contribution in [-0.4, -0.2) is 49.9 Å². The van der Waals surface area contributed by atoms with Crippen molar-refractivity contribution in [3.63, 3.8) is 0 Å². The topological polar surface area (TPSA) is 104 Å². The Bertz CT molecular complexity index is 820. The Kier molecular flexibility index (Phi) is 7.14. The number of nitrogens with zero attached hydrogens (tertiary/aromatic N) is 1. The fourth-order valence-corrected chi connectivity index (χ4v) is 3.74. The van der Waals surface area contributed by atoms with E-state index in [9.17, 15) is 19.5 Å². The number of carbonyl (C=O) groups is 3. The van der Waals surface area contributed by atoms with Gasteiger partial charge in [-0.05, 0) is 18.6 Å². The van der Waals surface area contributed by atoms with Crippen LogP contribution in [0.4, 0.5) is 0 Å². The van der Waals surface area contributed by atoms with Crippen LogP contribution < -0.4 is 4.74 Å². The van der Waals surface area contributed by atoms with Crippen LogP contribution in [-0.2, 0) is 14.4 Å². The SMILES string of the molecule is C=CCOc1ccccc1C=C1SC(=S)N(C(CCC(=O)O)C(=O)O)C1=O. The Balaban J connectivity index is 2.29. The van der Waals surface area contributed by atoms with Gasteiger partial charge in [-0.15, -0.1) is 0 Å². The lowest BCUT2D eigenvalue weighted by Gasteiger charge is -2.22. The summed E-state index contributed by atoms with van der Waals surface area (Å²) in [6.45, 7) is 3.88. The number of hydrogen-bond donors (Lipinski definition) is 2. The van der Waals surface area contributed by atoms with E-state index in [0.717, 1.165) is 16.7 Å². The lowest BCUT2D eigenvalue weighted by atomic mass is 10.1. The first-order valence-corrected chi connectivity index (χ1v) is 9.12. The number of amides is 1. The molecule has 9 heteroatoms. The number of ether oxygens (including phenoxy) is 1. The predicted molar refractivity (Wildman–Crippen MR) is 105 cm³/mol. The summed E-state index contributed by atoms with van der Waals surface area (Å²) < 4.78 is 5.62. The summed E-state index contributed by atoms with van der Waals surface area (Å²) in [5, 5.41) is 18.2. The molecule has 27 heavy (non-hydrogen) atoms. The first kappa shape index (κ1) is 20.7. The predicted octanol–water partition coefficient (Wildman–Crippen LogP) is 2.77. The smallest absolute Gasteiger partial charge is 0.326 e. The van der Waals surface area contributed by atoms with E-state index in [1.807, 2.05) is 0 Å². The van der Waals surface area contributed by atoms with Crippen molar-refractivity contribution < 1.29 is 29.3 Å². The molecule has 1 aromatic carbocycles. The molecule has 1 unspecified atom stereocenters. The van der Waals surface area contributed by atoms with Gasteiger partial charge < -0.3 is 14.9 Å². The molecule has 1 aliphatic heterocycles. The minimum absolute atomic E-state index is 0.0773. The molecular formula is C18H17NO6S2. The molecule has 0 spiro atoms. The van der Waals surface area contributed by atoms with Gasteiger partial charge in [0.25, 0.3) is 5.91 Å². The summed E-state index contributed by atoms with van der Waals surface area (Å²) in [6, 6.07) is 5.73. The highest BCUT2D eigenvalue weighted by Crippen LogP contribution is 2.36. The van der Waals surface area contributed by atoms with E-state index in [2.05, 4.69) is 6.58 Å². The van der Waals surface area contributed by atoms with Crippen LogP contribution in [0.3, 0.4) is 0 Å². The fourth-order valence-electron chi connectivity index (χ4n) is 2.39. The number of thiocarbonyl (C=S) groups is 1. The zero-order valence-corrected chi connectivity index (χ0v) is 15.8. The summed E-state index contributed by atoms with van der Waals surface area (Å²) in [6.07, 6.45) is 2.55. The number of carboxylic acid groups (broad SMARTS) is 2. The minimum Gasteiger partial charge on any atom is -0.489 e. The van der Waals surface area contributed by atoms with Gasteiger partial charge in [0.15, 0.2) is 0 Å². The Morgan fingerprint density at radius 1 is 1.33 bits per heavy atom. The molecule has 1 atom stereocenters. The zero-order valence-electron chi connectivity index (χ0n) is 14.2. The number of rotatable bonds is 9. The summed E-state index contributed by atoms with van der Waals surface area (Å²) in [4.78, 5) is 36.2. The van der Waals surface area contributed by atoms with E-state index in [0.29, 0.717) is 17.9 Å². The molecule has 0 saturated carbocycles. The van der Waals surface area contributed by atoms with Gasteiger partial charge in [0, 0.05) is 12.0 Å². The fraction of sp³-hybridized carbons (Fsp3) is 0.222. The summed E-state index contributed by atoms with van der Waals surface area (Å²) in [5.41, 5.74) is 0.636. The van der Waals surface area contributed by atoms with Crippen molar-refractivity contribution in [2.24, 2.45) is 0 Å². The van der Waals surface area contributed by atoms with Crippen LogP contribution in [0.5, 0.6) is 5.75 Å². The highest BCUT2D eigenvalue weighted by atomic mass is 32.2. The summed E-state index contributed by atoms with van der Waals surface area (Å²) in [7, 11) is 0. The molecule has 2 N–H and O–H groups in total. The Morgan fingerprint density at radius 2 is 2.04 bits per heavy atom. The van der Waals surface area contributed by atoms with E-state index in [4.69, 9.17) is 22.1 Å². The molecule has 1 fully saturated rings. The third-order valence-electron chi connectivity index (χ3n) is 3.61. The zero-order chi connectivity index (χ0) is 20.0. The van der Waals surface area contributed by atoms with E-state index in [-0.39, 0.29) is 22.1 Å². The van der Waals surface area contributed by atoms with E-state index in [1.54, 1.807) is 36.4 Å². The highest BCUT2D eigenvalue weighted by Gasteiger charge is 2.40. The third-order valence-corrected chi connectivity index (χ3v) is 4.94. The monoisotopic (exact) mass is 407 g/mol. The van der Waals surface area contributed by atoms with Crippen LogP contribution in [0.15, 0.2) is 41.8 Å². The number of thioether (sulfide) groups is 1. The van der Waals surface area contributed by atoms with E-state index in [1.165, 1.54) is 0 Å². The maximum absolute atomic E-state index is 12.7. The molecular weight excluding hydrogens is 390 g/mol. The quantitative estimate of drug-likeness (QED) is 0.366. The normalized spacial score (nSPS) is 16.4. The van der Waals surface area contributed by atoms with Crippen molar-refractivity contribution in [3.05, 3.63) is 47.4 Å². The summed E-state index contributed by atoms with van der Waals surface area (Å²) >= 11 is 6.13. The second-order valence-corrected chi connectivity index (χ2v) is 7.15. The Labute approximate surface area is 165 Å². The number of para-hydroxylation sites is 1. The molecule has 1 aromatic rings. The number of carbonyl (C=O) groups excluding carboxylic acids is 1. The van der Waals surface area contributed by atoms with Gasteiger partial charge in [-0.2, -0.15) is 0 Å². The van der Waals surface area contributed by atoms with Crippen LogP contribution >= 0.6 is 24.0 Å². The van der Waals surface area contributed by atoms with Gasteiger partial charge in [0.05, 0.1) is 4.91 Å². The van der Waals surface area contributed by atoms with Crippen molar-refractivity contribution in [3.8, 4) is 5.75 Å². The Hall–Kier alpha value is -2.65. The Morgan fingerprint density at radius 3 is 2.67 bits per heavy atom. The first-order valence-electron chi connectivity index (χ1n) is 7.89. The van der Waals surface area contributed by atoms with Gasteiger partial charge in [-0.25, -0.2) is 4.79 Å². The van der Waals surface area contributed by atoms with Gasteiger partial charge >= 0.3 is 11.9 Å². The van der Waals surface area contributed by atoms with Gasteiger partial charge in [-0.1, -0.05) is 54.8 Å². The van der Waals surface area contributed by atoms with Gasteiger partial charge in [-0.3, -0.25) is 14.5 Å². The van der Waals surface area contributed by atoms with E-state index < -0.39 is 23.9 Å². The van der Waals surface area contributed by atoms with Crippen molar-refractivity contribution >= 4 is 52.2 Å². The molecule has 142 valence electrons. The molecule has 1 heterocycles. The van der Waals surface area contributed by atoms with Crippen molar-refractivity contribution in [2.75, 3.05) is 6.61 Å². The standard InChI is InChI=1S/C18H17NO6S2/c1-2-9-25-13-6-4-3-5-11(13)10-14-16(22)19(18(26)27-14)12(17(23)24)7-8-15(20)21/h2-6,10,12H,1,7-9H2,(H,20,21)(H,23,24). The summed E-state index contributed by atoms with van der Waals surface area (Å²) in [5.74, 6) is -2.47. The molecule has 0 aliphatic carbocycles. The minimum atomic E-state index is -1.33. The lowest BCUT2D eigenvalue weighted by molar-refractivity contribution is -0.146. The van der Waals surface area contributed by atoms with Gasteiger partial charge in [0.2, 0.25) is 0 Å². The molecule has 0 bridgehead atoms. The van der Waals surface area contributed by atoms with Crippen LogP contribution in [0.2, 0.25) is 0 Å². The number of carboxylic acids is 2. The maximum Gasteiger partial charge on any atom is 0.326 e. The number of aliphatic carboxylic acids is 2. The van der Waals surface area contributed by atoms with E-state index >= 15 is 0 Å². The van der Waals surface area contributed by atoms with Crippen LogP contribution in [0.25, 0.3) is 6.08 Å². The molecule has 0 aromatic heterocycles. The number of hydrogen-bond acceptors (Lipinski definition) is 6. The molecule has 1 saturated heterocycles. The van der Waals surface area contributed by atoms with Crippen molar-refractivity contribution in [1.82, 2.24) is 4.90 Å². The molecule has 0 radical (unpaired) electrons. The molecule has 7 nitrogen and oxygen atoms in total. The largest absolute Gasteiger partial charge is 0.489 e. The average Bonchev–Trinajstić information content (AvgIpc) is 2.88. The third kappa shape index (κ3) is 5.18. The second kappa shape index (κ2) is 9.33. The van der Waals surface area contributed by atoms with Crippen LogP contribution in [0.1, 0.15) is 18.4 Å². The van der Waals surface area contributed by atoms with Crippen molar-refractivity contribution in [2.45, 2.75) is 18.9 Å². The molecule has 1 amide bonds. The maximum atomic E-state index is 12.7. The highest BCUT2D eigenvalue weighted by molar-refractivity contribution is 8.26. The van der Waals surface area contributed by atoms with Crippen molar-refractivity contribution in [1.29, 1.82) is 0 Å². The molecule has 1 aliphatic rings. The van der Waals surface area contributed by atoms with Gasteiger partial charge in [0.1, 0.15) is 22.7 Å². The number of benzene rings is 1. The lowest BCUT2D eigenvalue weighted by Crippen LogP contribution is -2.44.